The SMILES string of the molecule is CN(Cc1ccc2c(c1)OCO2)C(=O)OC(C(=O)Nc1cccs1)C(F)(F)F. The van der Waals surface area contributed by atoms with Crippen molar-refractivity contribution in [3.8, 4) is 11.5 Å². The fraction of sp³-hybridized carbons (Fsp3) is 0.294. The van der Waals surface area contributed by atoms with E-state index in [4.69, 9.17) is 9.47 Å². The van der Waals surface area contributed by atoms with Crippen LogP contribution in [0.25, 0.3) is 0 Å². The number of anilines is 1. The van der Waals surface area contributed by atoms with Crippen molar-refractivity contribution in [1.82, 2.24) is 4.90 Å². The number of hydrogen-bond donors (Lipinski definition) is 1. The van der Waals surface area contributed by atoms with Gasteiger partial charge in [-0.3, -0.25) is 4.79 Å². The predicted molar refractivity (Wildman–Crippen MR) is 93.3 cm³/mol. The van der Waals surface area contributed by atoms with Crippen molar-refractivity contribution in [2.45, 2.75) is 18.8 Å². The first-order valence-corrected chi connectivity index (χ1v) is 8.83. The first kappa shape index (κ1) is 19.8. The van der Waals surface area contributed by atoms with Gasteiger partial charge in [-0.1, -0.05) is 6.07 Å². The summed E-state index contributed by atoms with van der Waals surface area (Å²) in [6, 6.07) is 7.88. The number of halogens is 3. The summed E-state index contributed by atoms with van der Waals surface area (Å²) >= 11 is 1.04. The number of nitrogens with zero attached hydrogens (tertiary/aromatic N) is 1. The van der Waals surface area contributed by atoms with Gasteiger partial charge in [0.25, 0.3) is 12.0 Å². The molecule has 1 aromatic heterocycles. The molecule has 1 N–H and O–H groups in total. The number of rotatable bonds is 5. The summed E-state index contributed by atoms with van der Waals surface area (Å²) in [6.45, 7) is 0.0237. The van der Waals surface area contributed by atoms with E-state index in [1.807, 2.05) is 0 Å². The molecule has 2 heterocycles. The predicted octanol–water partition coefficient (Wildman–Crippen LogP) is 3.61. The fourth-order valence-corrected chi connectivity index (χ4v) is 2.99. The minimum Gasteiger partial charge on any atom is -0.454 e. The molecule has 1 aliphatic heterocycles. The Morgan fingerprint density at radius 3 is 2.71 bits per heavy atom. The van der Waals surface area contributed by atoms with E-state index in [2.05, 4.69) is 10.1 Å². The molecule has 7 nitrogen and oxygen atoms in total. The first-order chi connectivity index (χ1) is 13.2. The maximum Gasteiger partial charge on any atom is 0.434 e. The third kappa shape index (κ3) is 4.66. The molecular formula is C17H15F3N2O5S. The summed E-state index contributed by atoms with van der Waals surface area (Å²) in [5.41, 5.74) is 0.593. The maximum absolute atomic E-state index is 13.2. The van der Waals surface area contributed by atoms with Gasteiger partial charge in [-0.05, 0) is 35.2 Å². The monoisotopic (exact) mass is 416 g/mol. The normalized spacial score (nSPS) is 13.7. The van der Waals surface area contributed by atoms with E-state index in [-0.39, 0.29) is 18.3 Å². The van der Waals surface area contributed by atoms with Crippen molar-refractivity contribution in [3.05, 3.63) is 41.3 Å². The summed E-state index contributed by atoms with van der Waals surface area (Å²) in [4.78, 5) is 25.0. The highest BCUT2D eigenvalue weighted by molar-refractivity contribution is 7.14. The Kier molecular flexibility index (Phi) is 5.63. The second-order valence-electron chi connectivity index (χ2n) is 5.82. The quantitative estimate of drug-likeness (QED) is 0.806. The molecule has 3 rings (SSSR count). The zero-order valence-electron chi connectivity index (χ0n) is 14.5. The third-order valence-corrected chi connectivity index (χ3v) is 4.48. The molecule has 2 aromatic rings. The van der Waals surface area contributed by atoms with Crippen LogP contribution in [0.4, 0.5) is 23.0 Å². The van der Waals surface area contributed by atoms with E-state index in [0.717, 1.165) is 16.2 Å². The van der Waals surface area contributed by atoms with Crippen molar-refractivity contribution in [3.63, 3.8) is 0 Å². The molecule has 0 aliphatic carbocycles. The van der Waals surface area contributed by atoms with Gasteiger partial charge < -0.3 is 24.4 Å². The van der Waals surface area contributed by atoms with Crippen molar-refractivity contribution in [1.29, 1.82) is 0 Å². The smallest absolute Gasteiger partial charge is 0.434 e. The van der Waals surface area contributed by atoms with Crippen LogP contribution in [0.15, 0.2) is 35.7 Å². The summed E-state index contributed by atoms with van der Waals surface area (Å²) < 4.78 is 54.5. The molecule has 0 bridgehead atoms. The molecule has 0 spiro atoms. The third-order valence-electron chi connectivity index (χ3n) is 3.69. The second-order valence-corrected chi connectivity index (χ2v) is 6.76. The van der Waals surface area contributed by atoms with Crippen molar-refractivity contribution >= 4 is 28.3 Å². The Morgan fingerprint density at radius 2 is 2.04 bits per heavy atom. The molecule has 0 radical (unpaired) electrons. The first-order valence-electron chi connectivity index (χ1n) is 7.95. The number of ether oxygens (including phenoxy) is 3. The standard InChI is InChI=1S/C17H15F3N2O5S/c1-22(8-10-4-5-11-12(7-10)26-9-25-11)16(24)27-14(17(18,19)20)15(23)21-13-3-2-6-28-13/h2-7,14H,8-9H2,1H3,(H,21,23). The van der Waals surface area contributed by atoms with Crippen LogP contribution < -0.4 is 14.8 Å². The Bertz CT molecular complexity index is 857. The minimum atomic E-state index is -5.06. The number of amides is 2. The topological polar surface area (TPSA) is 77.1 Å². The molecule has 28 heavy (non-hydrogen) atoms. The minimum absolute atomic E-state index is 0.0490. The van der Waals surface area contributed by atoms with Gasteiger partial charge in [-0.25, -0.2) is 4.79 Å². The molecule has 0 saturated heterocycles. The molecule has 0 saturated carbocycles. The van der Waals surface area contributed by atoms with Crippen LogP contribution in [0.2, 0.25) is 0 Å². The lowest BCUT2D eigenvalue weighted by Gasteiger charge is -2.23. The molecule has 2 amide bonds. The Hall–Kier alpha value is -2.95. The molecular weight excluding hydrogens is 401 g/mol. The molecule has 1 atom stereocenters. The number of benzene rings is 1. The van der Waals surface area contributed by atoms with E-state index >= 15 is 0 Å². The van der Waals surface area contributed by atoms with Gasteiger partial charge in [-0.2, -0.15) is 13.2 Å². The second kappa shape index (κ2) is 7.97. The molecule has 1 aromatic carbocycles. The number of hydrogen-bond acceptors (Lipinski definition) is 6. The highest BCUT2D eigenvalue weighted by atomic mass is 32.1. The Labute approximate surface area is 161 Å². The summed E-state index contributed by atoms with van der Waals surface area (Å²) in [5, 5.41) is 3.88. The zero-order valence-corrected chi connectivity index (χ0v) is 15.3. The number of alkyl halides is 3. The van der Waals surface area contributed by atoms with Crippen molar-refractivity contribution < 1.29 is 37.0 Å². The largest absolute Gasteiger partial charge is 0.454 e. The van der Waals surface area contributed by atoms with Gasteiger partial charge in [0.15, 0.2) is 11.5 Å². The van der Waals surface area contributed by atoms with Gasteiger partial charge in [0.2, 0.25) is 6.79 Å². The van der Waals surface area contributed by atoms with Crippen molar-refractivity contribution in [2.24, 2.45) is 0 Å². The van der Waals surface area contributed by atoms with E-state index in [1.54, 1.807) is 29.6 Å². The summed E-state index contributed by atoms with van der Waals surface area (Å²) in [7, 11) is 1.26. The average molecular weight is 416 g/mol. The van der Waals surface area contributed by atoms with Gasteiger partial charge in [0.05, 0.1) is 5.00 Å². The average Bonchev–Trinajstić information content (AvgIpc) is 3.29. The fourth-order valence-electron chi connectivity index (χ4n) is 2.37. The summed E-state index contributed by atoms with van der Waals surface area (Å²) in [5.74, 6) is -0.459. The van der Waals surface area contributed by atoms with Crippen LogP contribution in [0.3, 0.4) is 0 Å². The van der Waals surface area contributed by atoms with Crippen LogP contribution in [-0.2, 0) is 16.1 Å². The van der Waals surface area contributed by atoms with Crippen LogP contribution in [-0.4, -0.2) is 43.0 Å². The molecule has 1 unspecified atom stereocenters. The van der Waals surface area contributed by atoms with E-state index in [0.29, 0.717) is 17.1 Å². The van der Waals surface area contributed by atoms with Crippen LogP contribution in [0, 0.1) is 0 Å². The number of nitrogens with one attached hydrogen (secondary N) is 1. The van der Waals surface area contributed by atoms with Crippen LogP contribution in [0.1, 0.15) is 5.56 Å². The molecule has 150 valence electrons. The molecule has 0 fully saturated rings. The van der Waals surface area contributed by atoms with E-state index < -0.39 is 24.3 Å². The number of carbonyl (C=O) groups is 2. The van der Waals surface area contributed by atoms with Crippen LogP contribution >= 0.6 is 11.3 Å². The number of fused-ring (bicyclic) bond motifs is 1. The lowest BCUT2D eigenvalue weighted by molar-refractivity contribution is -0.203. The van der Waals surface area contributed by atoms with Crippen LogP contribution in [0.5, 0.6) is 11.5 Å². The number of carbonyl (C=O) groups excluding carboxylic acids is 2. The molecule has 1 aliphatic rings. The van der Waals surface area contributed by atoms with Crippen molar-refractivity contribution in [2.75, 3.05) is 19.2 Å². The van der Waals surface area contributed by atoms with Gasteiger partial charge in [0, 0.05) is 13.6 Å². The lowest BCUT2D eigenvalue weighted by Crippen LogP contribution is -2.46. The van der Waals surface area contributed by atoms with Gasteiger partial charge in [-0.15, -0.1) is 11.3 Å². The highest BCUT2D eigenvalue weighted by Crippen LogP contribution is 2.33. The van der Waals surface area contributed by atoms with E-state index in [1.165, 1.54) is 13.1 Å². The van der Waals surface area contributed by atoms with Gasteiger partial charge in [0.1, 0.15) is 0 Å². The zero-order chi connectivity index (χ0) is 20.3. The van der Waals surface area contributed by atoms with Gasteiger partial charge >= 0.3 is 12.3 Å². The highest BCUT2D eigenvalue weighted by Gasteiger charge is 2.48. The summed E-state index contributed by atoms with van der Waals surface area (Å²) in [6.07, 6.45) is -9.28. The van der Waals surface area contributed by atoms with E-state index in [9.17, 15) is 22.8 Å². The number of thiophene rings is 1. The Morgan fingerprint density at radius 1 is 1.29 bits per heavy atom. The Balaban J connectivity index is 1.64. The lowest BCUT2D eigenvalue weighted by atomic mass is 10.2. The maximum atomic E-state index is 13.2. The molecule has 11 heteroatoms.